The van der Waals surface area contributed by atoms with E-state index in [1.54, 1.807) is 6.08 Å². The molecule has 0 radical (unpaired) electrons. The Morgan fingerprint density at radius 2 is 2.23 bits per heavy atom. The van der Waals surface area contributed by atoms with E-state index in [0.717, 1.165) is 22.2 Å². The summed E-state index contributed by atoms with van der Waals surface area (Å²) in [4.78, 5) is 16.6. The van der Waals surface area contributed by atoms with Gasteiger partial charge in [-0.25, -0.2) is 4.98 Å². The molecule has 1 amide bonds. The number of aromatic nitrogens is 2. The van der Waals surface area contributed by atoms with Crippen LogP contribution in [0.25, 0.3) is 17.0 Å². The lowest BCUT2D eigenvalue weighted by molar-refractivity contribution is -0.111. The Labute approximate surface area is 156 Å². The van der Waals surface area contributed by atoms with Gasteiger partial charge in [0.1, 0.15) is 0 Å². The summed E-state index contributed by atoms with van der Waals surface area (Å²) < 4.78 is 2.05. The highest BCUT2D eigenvalue weighted by molar-refractivity contribution is 7.14. The van der Waals surface area contributed by atoms with Gasteiger partial charge in [0, 0.05) is 40.7 Å². The van der Waals surface area contributed by atoms with Crippen LogP contribution >= 0.6 is 11.3 Å². The summed E-state index contributed by atoms with van der Waals surface area (Å²) in [5.41, 5.74) is 3.00. The number of nitrogens with zero attached hydrogens (tertiary/aromatic N) is 3. The molecule has 1 aromatic carbocycles. The summed E-state index contributed by atoms with van der Waals surface area (Å²) in [5, 5.41) is 15.3. The van der Waals surface area contributed by atoms with Gasteiger partial charge in [-0.1, -0.05) is 32.0 Å². The molecular formula is C20H20N4OS. The number of carbonyl (C=O) groups excluding carboxylic acids is 1. The predicted molar refractivity (Wildman–Crippen MR) is 106 cm³/mol. The molecule has 132 valence electrons. The first-order chi connectivity index (χ1) is 12.6. The lowest BCUT2D eigenvalue weighted by Crippen LogP contribution is -2.07. The van der Waals surface area contributed by atoms with Crippen molar-refractivity contribution in [3.63, 3.8) is 0 Å². The summed E-state index contributed by atoms with van der Waals surface area (Å²) in [6, 6.07) is 10.2. The van der Waals surface area contributed by atoms with Crippen LogP contribution in [0.1, 0.15) is 37.4 Å². The van der Waals surface area contributed by atoms with E-state index in [-0.39, 0.29) is 5.91 Å². The van der Waals surface area contributed by atoms with Gasteiger partial charge in [-0.05, 0) is 18.1 Å². The third-order valence-electron chi connectivity index (χ3n) is 4.04. The standard InChI is InChI=1S/C20H20N4OS/c1-14(2)17-13-26-20(22-17)23-19(25)9-8-15-12-24(11-5-10-21)18-7-4-3-6-16(15)18/h3-4,6-9,12-14H,5,11H2,1-2H3,(H,22,23,25)/b9-8+. The Morgan fingerprint density at radius 3 is 2.96 bits per heavy atom. The van der Waals surface area contributed by atoms with E-state index in [2.05, 4.69) is 30.2 Å². The van der Waals surface area contributed by atoms with Gasteiger partial charge in [-0.3, -0.25) is 10.1 Å². The second-order valence-electron chi connectivity index (χ2n) is 6.26. The minimum absolute atomic E-state index is 0.205. The van der Waals surface area contributed by atoms with Crippen molar-refractivity contribution in [2.24, 2.45) is 0 Å². The number of carbonyl (C=O) groups is 1. The molecule has 5 nitrogen and oxygen atoms in total. The van der Waals surface area contributed by atoms with Gasteiger partial charge in [0.05, 0.1) is 18.2 Å². The van der Waals surface area contributed by atoms with Crippen LogP contribution in [-0.4, -0.2) is 15.5 Å². The largest absolute Gasteiger partial charge is 0.346 e. The van der Waals surface area contributed by atoms with Crippen molar-refractivity contribution in [1.29, 1.82) is 5.26 Å². The number of anilines is 1. The molecule has 3 aromatic rings. The molecule has 0 saturated heterocycles. The van der Waals surface area contributed by atoms with Crippen molar-refractivity contribution < 1.29 is 4.79 Å². The second-order valence-corrected chi connectivity index (χ2v) is 7.12. The Hall–Kier alpha value is -2.91. The monoisotopic (exact) mass is 364 g/mol. The molecule has 2 heterocycles. The zero-order valence-electron chi connectivity index (χ0n) is 14.8. The Bertz CT molecular complexity index is 991. The van der Waals surface area contributed by atoms with Gasteiger partial charge >= 0.3 is 0 Å². The topological polar surface area (TPSA) is 70.7 Å². The van der Waals surface area contributed by atoms with Gasteiger partial charge < -0.3 is 4.57 Å². The molecule has 0 spiro atoms. The summed E-state index contributed by atoms with van der Waals surface area (Å²) in [6.45, 7) is 4.78. The van der Waals surface area contributed by atoms with Gasteiger partial charge in [0.25, 0.3) is 0 Å². The molecule has 0 fully saturated rings. The maximum absolute atomic E-state index is 12.2. The number of para-hydroxylation sites is 1. The second kappa shape index (κ2) is 7.98. The zero-order chi connectivity index (χ0) is 18.5. The third-order valence-corrected chi connectivity index (χ3v) is 4.82. The highest BCUT2D eigenvalue weighted by Crippen LogP contribution is 2.24. The van der Waals surface area contributed by atoms with E-state index < -0.39 is 0 Å². The first-order valence-electron chi connectivity index (χ1n) is 8.48. The Balaban J connectivity index is 1.77. The van der Waals surface area contributed by atoms with Gasteiger partial charge in [0.15, 0.2) is 5.13 Å². The number of aryl methyl sites for hydroxylation is 1. The highest BCUT2D eigenvalue weighted by Gasteiger charge is 2.08. The summed E-state index contributed by atoms with van der Waals surface area (Å²) >= 11 is 1.43. The minimum Gasteiger partial charge on any atom is -0.346 e. The SMILES string of the molecule is CC(C)c1csc(NC(=O)/C=C/c2cn(CCC#N)c3ccccc23)n1. The van der Waals surface area contributed by atoms with Crippen molar-refractivity contribution >= 4 is 39.4 Å². The van der Waals surface area contributed by atoms with Crippen LogP contribution in [0.2, 0.25) is 0 Å². The Morgan fingerprint density at radius 1 is 1.42 bits per heavy atom. The van der Waals surface area contributed by atoms with Crippen molar-refractivity contribution in [2.75, 3.05) is 5.32 Å². The van der Waals surface area contributed by atoms with E-state index in [1.807, 2.05) is 40.4 Å². The fourth-order valence-electron chi connectivity index (χ4n) is 2.68. The average molecular weight is 364 g/mol. The average Bonchev–Trinajstić information content (AvgIpc) is 3.23. The van der Waals surface area contributed by atoms with E-state index in [4.69, 9.17) is 5.26 Å². The summed E-state index contributed by atoms with van der Waals surface area (Å²) in [6.07, 6.45) is 5.75. The van der Waals surface area contributed by atoms with Crippen LogP contribution in [0.4, 0.5) is 5.13 Å². The number of amides is 1. The van der Waals surface area contributed by atoms with E-state index in [1.165, 1.54) is 17.4 Å². The molecule has 0 aliphatic carbocycles. The number of nitrogens with one attached hydrogen (secondary N) is 1. The molecular weight excluding hydrogens is 344 g/mol. The van der Waals surface area contributed by atoms with Crippen molar-refractivity contribution in [1.82, 2.24) is 9.55 Å². The maximum atomic E-state index is 12.2. The number of nitriles is 1. The molecule has 0 saturated carbocycles. The minimum atomic E-state index is -0.205. The first kappa shape index (κ1) is 17.9. The van der Waals surface area contributed by atoms with Crippen LogP contribution in [0.3, 0.4) is 0 Å². The summed E-state index contributed by atoms with van der Waals surface area (Å²) in [7, 11) is 0. The molecule has 0 bridgehead atoms. The fraction of sp³-hybridized carbons (Fsp3) is 0.250. The van der Waals surface area contributed by atoms with E-state index in [9.17, 15) is 4.79 Å². The van der Waals surface area contributed by atoms with Crippen LogP contribution in [-0.2, 0) is 11.3 Å². The molecule has 0 atom stereocenters. The van der Waals surface area contributed by atoms with Crippen LogP contribution in [0.5, 0.6) is 0 Å². The van der Waals surface area contributed by atoms with Crippen molar-refractivity contribution in [3.8, 4) is 6.07 Å². The van der Waals surface area contributed by atoms with Crippen LogP contribution in [0, 0.1) is 11.3 Å². The number of fused-ring (bicyclic) bond motifs is 1. The van der Waals surface area contributed by atoms with Gasteiger partial charge in [-0.15, -0.1) is 11.3 Å². The normalized spacial score (nSPS) is 11.3. The molecule has 26 heavy (non-hydrogen) atoms. The molecule has 6 heteroatoms. The number of rotatable bonds is 6. The fourth-order valence-corrected chi connectivity index (χ4v) is 3.56. The maximum Gasteiger partial charge on any atom is 0.250 e. The predicted octanol–water partition coefficient (Wildman–Crippen LogP) is 4.79. The quantitative estimate of drug-likeness (QED) is 0.640. The van der Waals surface area contributed by atoms with Crippen LogP contribution in [0.15, 0.2) is 41.9 Å². The van der Waals surface area contributed by atoms with Gasteiger partial charge in [-0.2, -0.15) is 5.26 Å². The zero-order valence-corrected chi connectivity index (χ0v) is 15.6. The number of benzene rings is 1. The lowest BCUT2D eigenvalue weighted by atomic mass is 10.1. The number of hydrogen-bond donors (Lipinski definition) is 1. The van der Waals surface area contributed by atoms with Gasteiger partial charge in [0.2, 0.25) is 5.91 Å². The number of hydrogen-bond acceptors (Lipinski definition) is 4. The summed E-state index contributed by atoms with van der Waals surface area (Å²) in [5.74, 6) is 0.135. The molecule has 1 N–H and O–H groups in total. The lowest BCUT2D eigenvalue weighted by Gasteiger charge is -2.00. The smallest absolute Gasteiger partial charge is 0.250 e. The Kier molecular flexibility index (Phi) is 5.49. The van der Waals surface area contributed by atoms with Crippen molar-refractivity contribution in [2.45, 2.75) is 32.7 Å². The molecule has 0 aliphatic heterocycles. The van der Waals surface area contributed by atoms with Crippen LogP contribution < -0.4 is 5.32 Å². The molecule has 0 aliphatic rings. The first-order valence-corrected chi connectivity index (χ1v) is 9.35. The van der Waals surface area contributed by atoms with E-state index in [0.29, 0.717) is 24.0 Å². The molecule has 2 aromatic heterocycles. The van der Waals surface area contributed by atoms with Crippen molar-refractivity contribution in [3.05, 3.63) is 53.2 Å². The highest BCUT2D eigenvalue weighted by atomic mass is 32.1. The molecule has 0 unspecified atom stereocenters. The molecule has 3 rings (SSSR count). The number of thiazole rings is 1. The van der Waals surface area contributed by atoms with E-state index >= 15 is 0 Å². The third kappa shape index (κ3) is 4.01.